The normalized spacial score (nSPS) is 11.7. The molecule has 1 aromatic heterocycles. The number of benzene rings is 3. The standard InChI is InChI=1S/C31H31N3O6/c1-3-23-28(29(36)30(32)37)27-24(34(23)17-21-13-8-7-10-19(21)2)14-9-15-25(27)40-18-26(35)33-22(31(38)39)16-20-11-5-4-6-12-20/h4-15,22H,3,16-18H2,1-2H3,(H2,32,37)(H,33,35)(H,38,39). The fraction of sp³-hybridized carbons (Fsp3) is 0.226. The van der Waals surface area contributed by atoms with Crippen LogP contribution in [-0.4, -0.2) is 45.9 Å². The summed E-state index contributed by atoms with van der Waals surface area (Å²) in [6.45, 7) is 3.83. The molecule has 0 saturated heterocycles. The van der Waals surface area contributed by atoms with Gasteiger partial charge in [-0.05, 0) is 42.2 Å². The number of fused-ring (bicyclic) bond motifs is 1. The summed E-state index contributed by atoms with van der Waals surface area (Å²) in [6, 6.07) is 20.8. The third-order valence-electron chi connectivity index (χ3n) is 6.81. The molecule has 1 heterocycles. The summed E-state index contributed by atoms with van der Waals surface area (Å²) < 4.78 is 7.81. The lowest BCUT2D eigenvalue weighted by molar-refractivity contribution is -0.142. The van der Waals surface area contributed by atoms with Crippen LogP contribution in [0.15, 0.2) is 72.8 Å². The number of aromatic nitrogens is 1. The highest BCUT2D eigenvalue weighted by Gasteiger charge is 2.28. The molecular weight excluding hydrogens is 510 g/mol. The summed E-state index contributed by atoms with van der Waals surface area (Å²) in [5.74, 6) is -3.54. The molecule has 0 fully saturated rings. The molecule has 4 N–H and O–H groups in total. The number of nitrogens with two attached hydrogens (primary N) is 1. The van der Waals surface area contributed by atoms with Gasteiger partial charge in [-0.25, -0.2) is 4.79 Å². The number of amides is 2. The molecule has 0 spiro atoms. The Morgan fingerprint density at radius 2 is 1.68 bits per heavy atom. The van der Waals surface area contributed by atoms with Crippen LogP contribution in [0.5, 0.6) is 5.75 Å². The van der Waals surface area contributed by atoms with E-state index in [0.717, 1.165) is 16.7 Å². The summed E-state index contributed by atoms with van der Waals surface area (Å²) in [7, 11) is 0. The van der Waals surface area contributed by atoms with Crippen LogP contribution in [-0.2, 0) is 33.8 Å². The molecule has 0 aliphatic heterocycles. The van der Waals surface area contributed by atoms with E-state index in [1.54, 1.807) is 36.4 Å². The number of aryl methyl sites for hydroxylation is 1. The van der Waals surface area contributed by atoms with E-state index in [-0.39, 0.29) is 17.7 Å². The van der Waals surface area contributed by atoms with E-state index in [4.69, 9.17) is 10.5 Å². The van der Waals surface area contributed by atoms with Crippen LogP contribution in [0.3, 0.4) is 0 Å². The van der Waals surface area contributed by atoms with Gasteiger partial charge in [-0.3, -0.25) is 14.4 Å². The lowest BCUT2D eigenvalue weighted by atomic mass is 10.0. The molecule has 0 aliphatic carbocycles. The molecule has 0 bridgehead atoms. The lowest BCUT2D eigenvalue weighted by Gasteiger charge is -2.15. The number of Topliss-reactive ketones (excluding diaryl/α,β-unsaturated/α-hetero) is 1. The summed E-state index contributed by atoms with van der Waals surface area (Å²) in [4.78, 5) is 49.6. The average Bonchev–Trinajstić information content (AvgIpc) is 3.26. The summed E-state index contributed by atoms with van der Waals surface area (Å²) in [5, 5.41) is 12.5. The maximum atomic E-state index is 13.1. The zero-order chi connectivity index (χ0) is 28.8. The number of primary amides is 1. The lowest BCUT2D eigenvalue weighted by Crippen LogP contribution is -2.44. The molecule has 0 aliphatic rings. The quantitative estimate of drug-likeness (QED) is 0.185. The van der Waals surface area contributed by atoms with Gasteiger partial charge < -0.3 is 25.5 Å². The van der Waals surface area contributed by atoms with Crippen LogP contribution in [0.25, 0.3) is 10.9 Å². The van der Waals surface area contributed by atoms with Gasteiger partial charge in [0.05, 0.1) is 16.5 Å². The van der Waals surface area contributed by atoms with E-state index in [1.807, 2.05) is 54.8 Å². The van der Waals surface area contributed by atoms with Gasteiger partial charge in [0, 0.05) is 18.7 Å². The second-order valence-corrected chi connectivity index (χ2v) is 9.47. The van der Waals surface area contributed by atoms with Gasteiger partial charge in [0.15, 0.2) is 6.61 Å². The average molecular weight is 542 g/mol. The van der Waals surface area contributed by atoms with E-state index in [9.17, 15) is 24.3 Å². The highest BCUT2D eigenvalue weighted by atomic mass is 16.5. The molecule has 40 heavy (non-hydrogen) atoms. The minimum absolute atomic E-state index is 0.108. The van der Waals surface area contributed by atoms with Gasteiger partial charge in [0.25, 0.3) is 17.6 Å². The van der Waals surface area contributed by atoms with Gasteiger partial charge >= 0.3 is 5.97 Å². The van der Waals surface area contributed by atoms with Crippen molar-refractivity contribution in [3.63, 3.8) is 0 Å². The first-order chi connectivity index (χ1) is 19.2. The number of hydrogen-bond donors (Lipinski definition) is 3. The number of aliphatic carboxylic acids is 1. The minimum Gasteiger partial charge on any atom is -0.483 e. The van der Waals surface area contributed by atoms with E-state index < -0.39 is 36.2 Å². The number of hydrogen-bond acceptors (Lipinski definition) is 5. The summed E-state index contributed by atoms with van der Waals surface area (Å²) in [5.41, 5.74) is 9.71. The summed E-state index contributed by atoms with van der Waals surface area (Å²) >= 11 is 0. The molecule has 2 amide bonds. The van der Waals surface area contributed by atoms with Crippen molar-refractivity contribution in [2.24, 2.45) is 5.73 Å². The Hall–Kier alpha value is -4.92. The van der Waals surface area contributed by atoms with Crippen molar-refractivity contribution < 1.29 is 29.0 Å². The smallest absolute Gasteiger partial charge is 0.326 e. The van der Waals surface area contributed by atoms with Crippen LogP contribution >= 0.6 is 0 Å². The number of carboxylic acid groups (broad SMARTS) is 1. The highest BCUT2D eigenvalue weighted by Crippen LogP contribution is 2.35. The number of carbonyl (C=O) groups is 4. The molecule has 4 rings (SSSR count). The van der Waals surface area contributed by atoms with E-state index in [2.05, 4.69) is 5.32 Å². The third kappa shape index (κ3) is 6.04. The number of carbonyl (C=O) groups excluding carboxylic acids is 3. The van der Waals surface area contributed by atoms with Crippen molar-refractivity contribution in [1.82, 2.24) is 9.88 Å². The molecule has 1 unspecified atom stereocenters. The predicted molar refractivity (Wildman–Crippen MR) is 150 cm³/mol. The van der Waals surface area contributed by atoms with Crippen molar-refractivity contribution in [3.05, 3.63) is 101 Å². The second kappa shape index (κ2) is 12.3. The largest absolute Gasteiger partial charge is 0.483 e. The van der Waals surface area contributed by atoms with Gasteiger partial charge in [-0.1, -0.05) is 67.6 Å². The number of carboxylic acids is 1. The van der Waals surface area contributed by atoms with Crippen LogP contribution < -0.4 is 15.8 Å². The van der Waals surface area contributed by atoms with Crippen molar-refractivity contribution in [2.75, 3.05) is 6.61 Å². The maximum absolute atomic E-state index is 13.1. The fourth-order valence-electron chi connectivity index (χ4n) is 4.84. The van der Waals surface area contributed by atoms with Crippen molar-refractivity contribution in [2.45, 2.75) is 39.3 Å². The predicted octanol–water partition coefficient (Wildman–Crippen LogP) is 3.42. The van der Waals surface area contributed by atoms with E-state index in [1.165, 1.54) is 0 Å². The molecule has 1 atom stereocenters. The Bertz CT molecular complexity index is 1570. The molecule has 9 heteroatoms. The maximum Gasteiger partial charge on any atom is 0.326 e. The molecule has 9 nitrogen and oxygen atoms in total. The van der Waals surface area contributed by atoms with Crippen molar-refractivity contribution in [3.8, 4) is 5.75 Å². The van der Waals surface area contributed by atoms with Crippen molar-refractivity contribution >= 4 is 34.5 Å². The number of nitrogens with zero attached hydrogens (tertiary/aromatic N) is 1. The Kier molecular flexibility index (Phi) is 8.63. The molecule has 0 radical (unpaired) electrons. The molecule has 4 aromatic rings. The SMILES string of the molecule is CCc1c(C(=O)C(N)=O)c2c(OCC(=O)NC(Cc3ccccc3)C(=O)O)cccc2n1Cc1ccccc1C. The minimum atomic E-state index is -1.17. The monoisotopic (exact) mass is 541 g/mol. The highest BCUT2D eigenvalue weighted by molar-refractivity contribution is 6.45. The molecule has 206 valence electrons. The van der Waals surface area contributed by atoms with Gasteiger partial charge in [0.1, 0.15) is 11.8 Å². The fourth-order valence-corrected chi connectivity index (χ4v) is 4.84. The van der Waals surface area contributed by atoms with Gasteiger partial charge in [-0.15, -0.1) is 0 Å². The Morgan fingerprint density at radius 3 is 2.33 bits per heavy atom. The number of ketones is 1. The Morgan fingerprint density at radius 1 is 0.975 bits per heavy atom. The zero-order valence-corrected chi connectivity index (χ0v) is 22.3. The number of ether oxygens (including phenoxy) is 1. The van der Waals surface area contributed by atoms with E-state index in [0.29, 0.717) is 29.6 Å². The number of nitrogens with one attached hydrogen (secondary N) is 1. The first-order valence-corrected chi connectivity index (χ1v) is 12.9. The van der Waals surface area contributed by atoms with Gasteiger partial charge in [0.2, 0.25) is 0 Å². The molecule has 0 saturated carbocycles. The first kappa shape index (κ1) is 28.1. The van der Waals surface area contributed by atoms with Crippen LogP contribution in [0.2, 0.25) is 0 Å². The van der Waals surface area contributed by atoms with Crippen molar-refractivity contribution in [1.29, 1.82) is 0 Å². The van der Waals surface area contributed by atoms with Crippen LogP contribution in [0, 0.1) is 6.92 Å². The van der Waals surface area contributed by atoms with E-state index >= 15 is 0 Å². The zero-order valence-electron chi connectivity index (χ0n) is 22.3. The van der Waals surface area contributed by atoms with Crippen LogP contribution in [0.1, 0.15) is 39.7 Å². The topological polar surface area (TPSA) is 141 Å². The molecular formula is C31H31N3O6. The first-order valence-electron chi connectivity index (χ1n) is 12.9. The molecule has 3 aromatic carbocycles. The number of rotatable bonds is 12. The third-order valence-corrected chi connectivity index (χ3v) is 6.81. The summed E-state index contributed by atoms with van der Waals surface area (Å²) in [6.07, 6.45) is 0.547. The van der Waals surface area contributed by atoms with Crippen LogP contribution in [0.4, 0.5) is 0 Å². The van der Waals surface area contributed by atoms with Gasteiger partial charge in [-0.2, -0.15) is 0 Å². The second-order valence-electron chi connectivity index (χ2n) is 9.47. The Balaban J connectivity index is 1.67. The Labute approximate surface area is 231 Å².